The first-order valence-corrected chi connectivity index (χ1v) is 22.0. The van der Waals surface area contributed by atoms with Gasteiger partial charge in [-0.2, -0.15) is 0 Å². The highest BCUT2D eigenvalue weighted by Crippen LogP contribution is 2.25. The summed E-state index contributed by atoms with van der Waals surface area (Å²) in [5.74, 6) is 1.41. The van der Waals surface area contributed by atoms with Crippen molar-refractivity contribution in [3.8, 4) is 0 Å². The Labute approximate surface area is 312 Å². The maximum absolute atomic E-state index is 12.3. The fourth-order valence-corrected chi connectivity index (χ4v) is 7.09. The largest absolute Gasteiger partial charge is 0.490 e. The Balaban J connectivity index is 4.03. The van der Waals surface area contributed by atoms with Gasteiger partial charge < -0.3 is 19.5 Å². The summed E-state index contributed by atoms with van der Waals surface area (Å²) in [7, 11) is 0. The third-order valence-corrected chi connectivity index (χ3v) is 10.4. The Kier molecular flexibility index (Phi) is 37.9. The van der Waals surface area contributed by atoms with Crippen LogP contribution in [0.3, 0.4) is 0 Å². The molecule has 0 heterocycles. The summed E-state index contributed by atoms with van der Waals surface area (Å²) in [6.07, 6.45) is 37.3. The van der Waals surface area contributed by atoms with E-state index in [2.05, 4.69) is 38.0 Å². The second-order valence-corrected chi connectivity index (χ2v) is 15.3. The highest BCUT2D eigenvalue weighted by molar-refractivity contribution is 5.70. The van der Waals surface area contributed by atoms with Crippen LogP contribution < -0.4 is 0 Å². The smallest absolute Gasteiger partial charge is 0.306 e. The van der Waals surface area contributed by atoms with Crippen LogP contribution in [0, 0.1) is 11.8 Å². The molecule has 0 saturated carbocycles. The van der Waals surface area contributed by atoms with E-state index in [0.717, 1.165) is 64.1 Å². The second-order valence-electron chi connectivity index (χ2n) is 15.3. The SMILES string of the molecule is C=C=C(OCCCCC)C(C)CC(=O)OCCCCCCCN(CCO)CCCCCCCC(CCCCCCCC)CCCCCCCC. The fourth-order valence-electron chi connectivity index (χ4n) is 7.09. The number of carbonyl (C=O) groups excluding carboxylic acids is 1. The molecule has 0 aliphatic carbocycles. The molecule has 0 amide bonds. The molecule has 0 aliphatic heterocycles. The van der Waals surface area contributed by atoms with Crippen molar-refractivity contribution in [2.75, 3.05) is 39.5 Å². The minimum Gasteiger partial charge on any atom is -0.490 e. The standard InChI is InChI=1S/C45H87NO4/c1-6-10-13-15-19-25-32-43(33-26-20-16-14-11-7-2)34-27-21-17-22-28-35-46(37-38-47)36-29-23-18-24-31-40-50-45(48)41-42(5)44(9-4)49-39-30-12-8-3/h42-43,47H,4,6-8,10-41H2,1-3,5H3. The average Bonchev–Trinajstić information content (AvgIpc) is 3.11. The molecule has 0 bridgehead atoms. The molecule has 0 fully saturated rings. The lowest BCUT2D eigenvalue weighted by molar-refractivity contribution is -0.144. The van der Waals surface area contributed by atoms with Crippen LogP contribution in [0.4, 0.5) is 0 Å². The molecule has 5 nitrogen and oxygen atoms in total. The van der Waals surface area contributed by atoms with Gasteiger partial charge in [0, 0.05) is 12.5 Å². The first kappa shape index (κ1) is 48.7. The maximum Gasteiger partial charge on any atom is 0.306 e. The van der Waals surface area contributed by atoms with Crippen LogP contribution in [0.5, 0.6) is 0 Å². The number of rotatable bonds is 40. The fraction of sp³-hybridized carbons (Fsp3) is 0.911. The van der Waals surface area contributed by atoms with Gasteiger partial charge in [0.05, 0.1) is 26.2 Å². The zero-order valence-corrected chi connectivity index (χ0v) is 34.2. The lowest BCUT2D eigenvalue weighted by atomic mass is 9.89. The third kappa shape index (κ3) is 32.6. The highest BCUT2D eigenvalue weighted by atomic mass is 16.5. The van der Waals surface area contributed by atoms with Crippen LogP contribution in [0.15, 0.2) is 18.1 Å². The Hall–Kier alpha value is -1.29. The summed E-state index contributed by atoms with van der Waals surface area (Å²) in [5, 5.41) is 9.60. The number of hydrogen-bond acceptors (Lipinski definition) is 5. The summed E-state index contributed by atoms with van der Waals surface area (Å²) >= 11 is 0. The van der Waals surface area contributed by atoms with Crippen molar-refractivity contribution >= 4 is 5.97 Å². The van der Waals surface area contributed by atoms with Gasteiger partial charge in [0.1, 0.15) is 5.76 Å². The van der Waals surface area contributed by atoms with Crippen LogP contribution in [0.1, 0.15) is 214 Å². The van der Waals surface area contributed by atoms with Gasteiger partial charge in [-0.1, -0.05) is 194 Å². The summed E-state index contributed by atoms with van der Waals surface area (Å²) in [6.45, 7) is 16.9. The molecule has 0 aromatic rings. The number of nitrogens with zero attached hydrogens (tertiary/aromatic N) is 1. The van der Waals surface area contributed by atoms with Crippen molar-refractivity contribution in [3.05, 3.63) is 18.1 Å². The zero-order valence-electron chi connectivity index (χ0n) is 34.2. The van der Waals surface area contributed by atoms with E-state index < -0.39 is 0 Å². The lowest BCUT2D eigenvalue weighted by Gasteiger charge is -2.21. The number of allylic oxidation sites excluding steroid dienone is 1. The number of hydrogen-bond donors (Lipinski definition) is 1. The van der Waals surface area contributed by atoms with Crippen LogP contribution >= 0.6 is 0 Å². The Morgan fingerprint density at radius 2 is 0.980 bits per heavy atom. The normalized spacial score (nSPS) is 12.1. The zero-order chi connectivity index (χ0) is 36.8. The summed E-state index contributed by atoms with van der Waals surface area (Å²) in [4.78, 5) is 14.7. The van der Waals surface area contributed by atoms with Crippen LogP contribution in [0.2, 0.25) is 0 Å². The van der Waals surface area contributed by atoms with E-state index in [9.17, 15) is 9.90 Å². The van der Waals surface area contributed by atoms with Gasteiger partial charge in [-0.25, -0.2) is 0 Å². The molecule has 0 spiro atoms. The molecule has 1 N–H and O–H groups in total. The van der Waals surface area contributed by atoms with E-state index in [1.165, 1.54) is 141 Å². The molecule has 0 saturated heterocycles. The number of ether oxygens (including phenoxy) is 2. The quantitative estimate of drug-likeness (QED) is 0.0298. The molecule has 1 unspecified atom stereocenters. The van der Waals surface area contributed by atoms with Gasteiger partial charge in [-0.3, -0.25) is 4.79 Å². The number of unbranched alkanes of at least 4 members (excludes halogenated alkanes) is 20. The van der Waals surface area contributed by atoms with Gasteiger partial charge in [-0.05, 0) is 44.7 Å². The number of carbonyl (C=O) groups is 1. The molecular weight excluding hydrogens is 618 g/mol. The lowest BCUT2D eigenvalue weighted by Crippen LogP contribution is -2.29. The van der Waals surface area contributed by atoms with Gasteiger partial charge in [-0.15, -0.1) is 0 Å². The van der Waals surface area contributed by atoms with Crippen LogP contribution in [-0.4, -0.2) is 55.4 Å². The van der Waals surface area contributed by atoms with Crippen molar-refractivity contribution in [1.82, 2.24) is 4.90 Å². The molecule has 0 aliphatic rings. The Morgan fingerprint density at radius 3 is 1.46 bits per heavy atom. The molecule has 296 valence electrons. The van der Waals surface area contributed by atoms with Crippen LogP contribution in [-0.2, 0) is 14.3 Å². The molecule has 5 heteroatoms. The topological polar surface area (TPSA) is 59.0 Å². The van der Waals surface area contributed by atoms with Gasteiger partial charge in [0.2, 0.25) is 0 Å². The van der Waals surface area contributed by atoms with Gasteiger partial charge >= 0.3 is 5.97 Å². The van der Waals surface area contributed by atoms with Gasteiger partial charge in [0.15, 0.2) is 0 Å². The number of esters is 1. The molecule has 0 rings (SSSR count). The van der Waals surface area contributed by atoms with Crippen molar-refractivity contribution in [1.29, 1.82) is 0 Å². The predicted molar refractivity (Wildman–Crippen MR) is 217 cm³/mol. The summed E-state index contributed by atoms with van der Waals surface area (Å²) in [6, 6.07) is 0. The minimum absolute atomic E-state index is 0.0553. The second kappa shape index (κ2) is 38.9. The van der Waals surface area contributed by atoms with Gasteiger partial charge in [0.25, 0.3) is 0 Å². The van der Waals surface area contributed by atoms with E-state index in [1.807, 2.05) is 6.92 Å². The number of aliphatic hydroxyl groups excluding tert-OH is 1. The maximum atomic E-state index is 12.3. The predicted octanol–water partition coefficient (Wildman–Crippen LogP) is 13.1. The Bertz CT molecular complexity index is 748. The molecule has 50 heavy (non-hydrogen) atoms. The van der Waals surface area contributed by atoms with E-state index in [-0.39, 0.29) is 18.5 Å². The van der Waals surface area contributed by atoms with E-state index in [1.54, 1.807) is 0 Å². The van der Waals surface area contributed by atoms with E-state index >= 15 is 0 Å². The minimum atomic E-state index is -0.168. The van der Waals surface area contributed by atoms with Crippen molar-refractivity contribution in [3.63, 3.8) is 0 Å². The Morgan fingerprint density at radius 1 is 0.580 bits per heavy atom. The highest BCUT2D eigenvalue weighted by Gasteiger charge is 2.16. The van der Waals surface area contributed by atoms with E-state index in [0.29, 0.717) is 25.4 Å². The summed E-state index contributed by atoms with van der Waals surface area (Å²) in [5.41, 5.74) is 2.86. The third-order valence-electron chi connectivity index (χ3n) is 10.4. The molecule has 0 radical (unpaired) electrons. The molecule has 0 aromatic heterocycles. The van der Waals surface area contributed by atoms with Crippen LogP contribution in [0.25, 0.3) is 0 Å². The monoisotopic (exact) mass is 706 g/mol. The molecule has 0 aromatic carbocycles. The van der Waals surface area contributed by atoms with Crippen molar-refractivity contribution in [2.45, 2.75) is 214 Å². The average molecular weight is 706 g/mol. The first-order valence-electron chi connectivity index (χ1n) is 22.0. The van der Waals surface area contributed by atoms with E-state index in [4.69, 9.17) is 9.47 Å². The first-order chi connectivity index (χ1) is 24.5. The molecule has 1 atom stereocenters. The van der Waals surface area contributed by atoms with Crippen molar-refractivity contribution < 1.29 is 19.4 Å². The molecular formula is C45H87NO4. The number of aliphatic hydroxyl groups is 1. The van der Waals surface area contributed by atoms with Crippen molar-refractivity contribution in [2.24, 2.45) is 11.8 Å². The summed E-state index contributed by atoms with van der Waals surface area (Å²) < 4.78 is 11.3.